The molecule has 7 nitrogen and oxygen atoms in total. The van der Waals surface area contributed by atoms with Crippen LogP contribution in [0.4, 0.5) is 0 Å². The van der Waals surface area contributed by atoms with E-state index in [4.69, 9.17) is 4.42 Å². The van der Waals surface area contributed by atoms with Gasteiger partial charge in [0.2, 0.25) is 5.82 Å². The minimum Gasteiger partial charge on any atom is -0.461 e. The molecule has 122 valence electrons. The van der Waals surface area contributed by atoms with E-state index in [-0.39, 0.29) is 0 Å². The molecule has 0 amide bonds. The van der Waals surface area contributed by atoms with Crippen LogP contribution in [0.5, 0.6) is 0 Å². The van der Waals surface area contributed by atoms with Gasteiger partial charge < -0.3 is 4.42 Å². The van der Waals surface area contributed by atoms with Crippen LogP contribution in [0.15, 0.2) is 53.7 Å². The van der Waals surface area contributed by atoms with Crippen molar-refractivity contribution < 1.29 is 4.42 Å². The van der Waals surface area contributed by atoms with E-state index in [2.05, 4.69) is 38.5 Å². The topological polar surface area (TPSA) is 74.0 Å². The maximum Gasteiger partial charge on any atom is 0.217 e. The van der Waals surface area contributed by atoms with Crippen molar-refractivity contribution in [3.63, 3.8) is 0 Å². The van der Waals surface area contributed by atoms with Gasteiger partial charge in [-0.25, -0.2) is 14.5 Å². The predicted molar refractivity (Wildman–Crippen MR) is 92.6 cm³/mol. The van der Waals surface area contributed by atoms with E-state index >= 15 is 0 Å². The van der Waals surface area contributed by atoms with Gasteiger partial charge in [-0.2, -0.15) is 0 Å². The van der Waals surface area contributed by atoms with Crippen molar-refractivity contribution in [3.8, 4) is 17.3 Å². The summed E-state index contributed by atoms with van der Waals surface area (Å²) >= 11 is 0. The third-order valence-electron chi connectivity index (χ3n) is 4.48. The van der Waals surface area contributed by atoms with Gasteiger partial charge >= 0.3 is 0 Å². The van der Waals surface area contributed by atoms with Crippen LogP contribution in [-0.4, -0.2) is 29.1 Å². The van der Waals surface area contributed by atoms with E-state index in [1.54, 1.807) is 23.3 Å². The van der Waals surface area contributed by atoms with Gasteiger partial charge in [0.25, 0.3) is 0 Å². The van der Waals surface area contributed by atoms with E-state index in [0.29, 0.717) is 11.6 Å². The molecule has 0 atom stereocenters. The number of pyridine rings is 1. The molecule has 0 aliphatic heterocycles. The highest BCUT2D eigenvalue weighted by atomic mass is 16.3. The predicted octanol–water partition coefficient (Wildman–Crippen LogP) is 3.34. The van der Waals surface area contributed by atoms with Crippen LogP contribution in [0.25, 0.3) is 34.0 Å². The second-order valence-corrected chi connectivity index (χ2v) is 5.88. The number of aryl methyl sites for hydroxylation is 1. The summed E-state index contributed by atoms with van der Waals surface area (Å²) in [7, 11) is 0. The first kappa shape index (κ1) is 13.9. The van der Waals surface area contributed by atoms with Crippen molar-refractivity contribution in [2.24, 2.45) is 0 Å². The number of aromatic nitrogens is 6. The van der Waals surface area contributed by atoms with E-state index in [0.717, 1.165) is 33.6 Å². The number of fused-ring (bicyclic) bond motifs is 3. The summed E-state index contributed by atoms with van der Waals surface area (Å²) in [5.41, 5.74) is 4.80. The molecule has 0 fully saturated rings. The largest absolute Gasteiger partial charge is 0.461 e. The zero-order valence-electron chi connectivity index (χ0n) is 13.7. The monoisotopic (exact) mass is 330 g/mol. The van der Waals surface area contributed by atoms with Gasteiger partial charge in [-0.1, -0.05) is 0 Å². The molecule has 0 radical (unpaired) electrons. The molecule has 25 heavy (non-hydrogen) atoms. The number of hydrogen-bond acceptors (Lipinski definition) is 5. The Balaban J connectivity index is 1.85. The lowest BCUT2D eigenvalue weighted by molar-refractivity contribution is 0.577. The van der Waals surface area contributed by atoms with Crippen molar-refractivity contribution in [2.45, 2.75) is 13.8 Å². The SMILES string of the molecule is Cc1c(C)n(-c2cccnc2)c2ncn3nc(-c4ccco4)nc3c12. The first-order chi connectivity index (χ1) is 12.2. The van der Waals surface area contributed by atoms with Crippen molar-refractivity contribution >= 4 is 16.7 Å². The Morgan fingerprint density at radius 2 is 2.00 bits per heavy atom. The van der Waals surface area contributed by atoms with E-state index in [1.807, 2.05) is 30.5 Å². The molecule has 0 aliphatic rings. The van der Waals surface area contributed by atoms with E-state index in [9.17, 15) is 0 Å². The molecule has 0 saturated heterocycles. The van der Waals surface area contributed by atoms with Crippen molar-refractivity contribution in [3.05, 3.63) is 60.5 Å². The van der Waals surface area contributed by atoms with Crippen LogP contribution in [0.3, 0.4) is 0 Å². The first-order valence-electron chi connectivity index (χ1n) is 7.91. The van der Waals surface area contributed by atoms with Gasteiger partial charge in [0, 0.05) is 11.9 Å². The average molecular weight is 330 g/mol. The molecule has 5 rings (SSSR count). The standard InChI is InChI=1S/C18H14N6O/c1-11-12(2)24(13-5-3-7-19-9-13)17-15(11)18-21-16(14-6-4-8-25-14)22-23(18)10-20-17/h3-10H,1-2H3. The molecular weight excluding hydrogens is 316 g/mol. The maximum atomic E-state index is 5.42. The minimum atomic E-state index is 0.547. The van der Waals surface area contributed by atoms with E-state index in [1.165, 1.54) is 0 Å². The lowest BCUT2D eigenvalue weighted by Crippen LogP contribution is -1.99. The molecule has 0 aromatic carbocycles. The lowest BCUT2D eigenvalue weighted by atomic mass is 10.2. The van der Waals surface area contributed by atoms with Gasteiger partial charge in [-0.15, -0.1) is 5.10 Å². The molecule has 5 heterocycles. The Morgan fingerprint density at radius 3 is 2.76 bits per heavy atom. The van der Waals surface area contributed by atoms with Crippen LogP contribution >= 0.6 is 0 Å². The molecule has 0 bridgehead atoms. The molecule has 0 unspecified atom stereocenters. The molecule has 5 aromatic heterocycles. The maximum absolute atomic E-state index is 5.42. The lowest BCUT2D eigenvalue weighted by Gasteiger charge is -2.06. The summed E-state index contributed by atoms with van der Waals surface area (Å²) in [6, 6.07) is 7.60. The summed E-state index contributed by atoms with van der Waals surface area (Å²) in [6.45, 7) is 4.15. The highest BCUT2D eigenvalue weighted by Crippen LogP contribution is 2.30. The first-order valence-corrected chi connectivity index (χ1v) is 7.91. The summed E-state index contributed by atoms with van der Waals surface area (Å²) in [5.74, 6) is 1.18. The number of nitrogens with zero attached hydrogens (tertiary/aromatic N) is 6. The fourth-order valence-electron chi connectivity index (χ4n) is 3.17. The van der Waals surface area contributed by atoms with Crippen LogP contribution in [0.1, 0.15) is 11.3 Å². The van der Waals surface area contributed by atoms with Crippen LogP contribution in [0.2, 0.25) is 0 Å². The zero-order valence-corrected chi connectivity index (χ0v) is 13.7. The minimum absolute atomic E-state index is 0.547. The van der Waals surface area contributed by atoms with Gasteiger partial charge in [-0.3, -0.25) is 9.55 Å². The third kappa shape index (κ3) is 1.92. The Kier molecular flexibility index (Phi) is 2.79. The highest BCUT2D eigenvalue weighted by Gasteiger charge is 2.19. The second-order valence-electron chi connectivity index (χ2n) is 5.88. The zero-order chi connectivity index (χ0) is 17.0. The Morgan fingerprint density at radius 1 is 1.08 bits per heavy atom. The Bertz CT molecular complexity index is 1200. The molecule has 0 saturated carbocycles. The summed E-state index contributed by atoms with van der Waals surface area (Å²) < 4.78 is 9.21. The second kappa shape index (κ2) is 5.01. The Hall–Kier alpha value is -3.48. The van der Waals surface area contributed by atoms with E-state index < -0.39 is 0 Å². The van der Waals surface area contributed by atoms with Gasteiger partial charge in [-0.05, 0) is 43.7 Å². The quantitative estimate of drug-likeness (QED) is 0.496. The van der Waals surface area contributed by atoms with Gasteiger partial charge in [0.1, 0.15) is 6.33 Å². The average Bonchev–Trinajstić information content (AvgIpc) is 3.35. The normalized spacial score (nSPS) is 11.6. The molecule has 0 spiro atoms. The molecule has 0 N–H and O–H groups in total. The molecule has 5 aromatic rings. The fraction of sp³-hybridized carbons (Fsp3) is 0.111. The van der Waals surface area contributed by atoms with Crippen LogP contribution in [0, 0.1) is 13.8 Å². The summed E-state index contributed by atoms with van der Waals surface area (Å²) in [4.78, 5) is 13.5. The van der Waals surface area contributed by atoms with Gasteiger partial charge in [0.05, 0.1) is 23.5 Å². The Labute approximate surface area is 142 Å². The molecule has 0 aliphatic carbocycles. The van der Waals surface area contributed by atoms with Gasteiger partial charge in [0.15, 0.2) is 17.1 Å². The number of rotatable bonds is 2. The third-order valence-corrected chi connectivity index (χ3v) is 4.48. The van der Waals surface area contributed by atoms with Crippen molar-refractivity contribution in [1.29, 1.82) is 0 Å². The molecular formula is C18H14N6O. The number of hydrogen-bond donors (Lipinski definition) is 0. The highest BCUT2D eigenvalue weighted by molar-refractivity contribution is 5.95. The van der Waals surface area contributed by atoms with Crippen molar-refractivity contribution in [2.75, 3.05) is 0 Å². The number of furan rings is 1. The van der Waals surface area contributed by atoms with Crippen LogP contribution in [-0.2, 0) is 0 Å². The van der Waals surface area contributed by atoms with Crippen molar-refractivity contribution in [1.82, 2.24) is 29.1 Å². The molecule has 7 heteroatoms. The summed E-state index contributed by atoms with van der Waals surface area (Å²) in [6.07, 6.45) is 6.89. The van der Waals surface area contributed by atoms with Crippen LogP contribution < -0.4 is 0 Å². The summed E-state index contributed by atoms with van der Waals surface area (Å²) in [5, 5.41) is 5.47. The fourth-order valence-corrected chi connectivity index (χ4v) is 3.17. The smallest absolute Gasteiger partial charge is 0.217 e.